The first-order chi connectivity index (χ1) is 10.6. The molecule has 0 atom stereocenters. The van der Waals surface area contributed by atoms with Gasteiger partial charge in [-0.15, -0.1) is 0 Å². The molecule has 5 nitrogen and oxygen atoms in total. The number of hydrogen-bond acceptors (Lipinski definition) is 3. The van der Waals surface area contributed by atoms with Crippen molar-refractivity contribution in [1.82, 2.24) is 5.32 Å². The topological polar surface area (TPSA) is 82.0 Å². The Labute approximate surface area is 136 Å². The molecule has 2 rings (SSSR count). The Kier molecular flexibility index (Phi) is 5.28. The van der Waals surface area contributed by atoms with Gasteiger partial charge in [0.15, 0.2) is 0 Å². The number of carbonyl (C=O) groups is 2. The molecule has 0 unspecified atom stereocenters. The van der Waals surface area contributed by atoms with E-state index in [0.29, 0.717) is 21.3 Å². The van der Waals surface area contributed by atoms with Crippen molar-refractivity contribution in [1.29, 1.82) is 5.26 Å². The molecule has 0 fully saturated rings. The number of nitrogens with one attached hydrogen (secondary N) is 2. The van der Waals surface area contributed by atoms with Crippen LogP contribution in [0.1, 0.15) is 15.9 Å². The number of amides is 2. The largest absolute Gasteiger partial charge is 0.343 e. The maximum Gasteiger partial charge on any atom is 0.252 e. The molecular formula is C16H12BrN3O2. The van der Waals surface area contributed by atoms with Gasteiger partial charge in [0.05, 0.1) is 23.4 Å². The van der Waals surface area contributed by atoms with E-state index in [0.717, 1.165) is 0 Å². The van der Waals surface area contributed by atoms with Crippen LogP contribution >= 0.6 is 15.9 Å². The molecule has 0 saturated heterocycles. The quantitative estimate of drug-likeness (QED) is 0.882. The highest BCUT2D eigenvalue weighted by Crippen LogP contribution is 2.15. The minimum atomic E-state index is -0.400. The third kappa shape index (κ3) is 3.93. The Balaban J connectivity index is 1.95. The van der Waals surface area contributed by atoms with Crippen LogP contribution in [0.5, 0.6) is 0 Å². The molecule has 0 spiro atoms. The van der Waals surface area contributed by atoms with E-state index in [-0.39, 0.29) is 12.5 Å². The zero-order chi connectivity index (χ0) is 15.9. The highest BCUT2D eigenvalue weighted by molar-refractivity contribution is 9.10. The molecule has 6 heteroatoms. The van der Waals surface area contributed by atoms with E-state index in [2.05, 4.69) is 26.6 Å². The van der Waals surface area contributed by atoms with Gasteiger partial charge in [0.1, 0.15) is 6.07 Å². The standard InChI is InChI=1S/C16H12BrN3O2/c17-13-7-3-2-6-12(13)16(22)19-10-15(21)20-14-8-4-1-5-11(14)9-18/h1-8H,10H2,(H,19,22)(H,20,21). The van der Waals surface area contributed by atoms with Crippen LogP contribution in [0.4, 0.5) is 5.69 Å². The van der Waals surface area contributed by atoms with E-state index in [4.69, 9.17) is 5.26 Å². The Morgan fingerprint density at radius 1 is 1.09 bits per heavy atom. The van der Waals surface area contributed by atoms with Crippen LogP contribution in [0.3, 0.4) is 0 Å². The predicted molar refractivity (Wildman–Crippen MR) is 86.3 cm³/mol. The zero-order valence-corrected chi connectivity index (χ0v) is 13.1. The van der Waals surface area contributed by atoms with Crippen molar-refractivity contribution in [2.24, 2.45) is 0 Å². The third-order valence-electron chi connectivity index (χ3n) is 2.85. The highest BCUT2D eigenvalue weighted by Gasteiger charge is 2.11. The fraction of sp³-hybridized carbons (Fsp3) is 0.0625. The molecule has 2 N–H and O–H groups in total. The molecule has 2 aromatic rings. The lowest BCUT2D eigenvalue weighted by Gasteiger charge is -2.08. The number of carbonyl (C=O) groups excluding carboxylic acids is 2. The molecule has 110 valence electrons. The van der Waals surface area contributed by atoms with Gasteiger partial charge in [-0.2, -0.15) is 5.26 Å². The monoisotopic (exact) mass is 357 g/mol. The second-order valence-corrected chi connectivity index (χ2v) is 5.22. The minimum Gasteiger partial charge on any atom is -0.343 e. The van der Waals surface area contributed by atoms with E-state index in [1.54, 1.807) is 48.5 Å². The Bertz CT molecular complexity index is 753. The lowest BCUT2D eigenvalue weighted by molar-refractivity contribution is -0.115. The van der Waals surface area contributed by atoms with Gasteiger partial charge in [-0.3, -0.25) is 9.59 Å². The Morgan fingerprint density at radius 3 is 2.50 bits per heavy atom. The molecule has 0 saturated carbocycles. The second kappa shape index (κ2) is 7.38. The molecule has 22 heavy (non-hydrogen) atoms. The van der Waals surface area contributed by atoms with Crippen molar-refractivity contribution in [3.63, 3.8) is 0 Å². The van der Waals surface area contributed by atoms with Gasteiger partial charge in [-0.25, -0.2) is 0 Å². The number of hydrogen-bond donors (Lipinski definition) is 2. The Morgan fingerprint density at radius 2 is 1.77 bits per heavy atom. The van der Waals surface area contributed by atoms with E-state index in [9.17, 15) is 9.59 Å². The van der Waals surface area contributed by atoms with Gasteiger partial charge in [0.2, 0.25) is 5.91 Å². The lowest BCUT2D eigenvalue weighted by Crippen LogP contribution is -2.33. The summed E-state index contributed by atoms with van der Waals surface area (Å²) in [5, 5.41) is 14.1. The minimum absolute atomic E-state index is 0.181. The van der Waals surface area contributed by atoms with Crippen molar-refractivity contribution in [2.45, 2.75) is 0 Å². The van der Waals surface area contributed by atoms with Crippen molar-refractivity contribution in [2.75, 3.05) is 11.9 Å². The summed E-state index contributed by atoms with van der Waals surface area (Å²) in [4.78, 5) is 23.8. The molecule has 2 amide bonds. The summed E-state index contributed by atoms with van der Waals surface area (Å²) >= 11 is 3.28. The summed E-state index contributed by atoms with van der Waals surface area (Å²) in [5.74, 6) is -0.751. The molecule has 0 bridgehead atoms. The maximum atomic E-state index is 12.0. The number of para-hydroxylation sites is 1. The normalized spacial score (nSPS) is 9.64. The van der Waals surface area contributed by atoms with Gasteiger partial charge < -0.3 is 10.6 Å². The first kappa shape index (κ1) is 15.7. The summed E-state index contributed by atoms with van der Waals surface area (Å²) in [6, 6.07) is 15.6. The van der Waals surface area contributed by atoms with Gasteiger partial charge in [0.25, 0.3) is 5.91 Å². The van der Waals surface area contributed by atoms with Crippen LogP contribution in [0.2, 0.25) is 0 Å². The van der Waals surface area contributed by atoms with Crippen molar-refractivity contribution >= 4 is 33.4 Å². The van der Waals surface area contributed by atoms with E-state index >= 15 is 0 Å². The number of benzene rings is 2. The summed E-state index contributed by atoms with van der Waals surface area (Å²) in [5.41, 5.74) is 1.24. The fourth-order valence-corrected chi connectivity index (χ4v) is 2.25. The molecule has 0 aromatic heterocycles. The van der Waals surface area contributed by atoms with E-state index in [1.807, 2.05) is 6.07 Å². The SMILES string of the molecule is N#Cc1ccccc1NC(=O)CNC(=O)c1ccccc1Br. The smallest absolute Gasteiger partial charge is 0.252 e. The van der Waals surface area contributed by atoms with Crippen LogP contribution in [0.25, 0.3) is 0 Å². The average Bonchev–Trinajstić information content (AvgIpc) is 2.53. The fourth-order valence-electron chi connectivity index (χ4n) is 1.79. The number of anilines is 1. The maximum absolute atomic E-state index is 12.0. The third-order valence-corrected chi connectivity index (χ3v) is 3.54. The number of nitrogens with zero attached hydrogens (tertiary/aromatic N) is 1. The molecular weight excluding hydrogens is 346 g/mol. The van der Waals surface area contributed by atoms with Crippen LogP contribution in [0.15, 0.2) is 53.0 Å². The van der Waals surface area contributed by atoms with Crippen molar-refractivity contribution in [3.05, 3.63) is 64.1 Å². The van der Waals surface area contributed by atoms with E-state index in [1.165, 1.54) is 0 Å². The molecule has 2 aromatic carbocycles. The second-order valence-electron chi connectivity index (χ2n) is 4.37. The van der Waals surface area contributed by atoms with Crippen LogP contribution in [-0.4, -0.2) is 18.4 Å². The van der Waals surface area contributed by atoms with Gasteiger partial charge in [-0.05, 0) is 40.2 Å². The van der Waals surface area contributed by atoms with E-state index < -0.39 is 5.91 Å². The predicted octanol–water partition coefficient (Wildman–Crippen LogP) is 2.69. The first-order valence-electron chi connectivity index (χ1n) is 6.43. The lowest BCUT2D eigenvalue weighted by atomic mass is 10.2. The molecule has 0 heterocycles. The number of rotatable bonds is 4. The molecule has 0 radical (unpaired) electrons. The summed E-state index contributed by atoms with van der Waals surface area (Å²) in [6.07, 6.45) is 0. The molecule has 0 aliphatic heterocycles. The molecule has 0 aliphatic carbocycles. The van der Waals surface area contributed by atoms with Crippen molar-refractivity contribution < 1.29 is 9.59 Å². The Hall–Kier alpha value is -2.65. The van der Waals surface area contributed by atoms with Gasteiger partial charge in [0, 0.05) is 4.47 Å². The van der Waals surface area contributed by atoms with Crippen LogP contribution in [0, 0.1) is 11.3 Å². The number of nitriles is 1. The molecule has 0 aliphatic rings. The highest BCUT2D eigenvalue weighted by atomic mass is 79.9. The first-order valence-corrected chi connectivity index (χ1v) is 7.23. The van der Waals surface area contributed by atoms with Gasteiger partial charge in [-0.1, -0.05) is 24.3 Å². The number of halogens is 1. The zero-order valence-electron chi connectivity index (χ0n) is 11.5. The van der Waals surface area contributed by atoms with Crippen LogP contribution in [-0.2, 0) is 4.79 Å². The summed E-state index contributed by atoms with van der Waals surface area (Å²) in [7, 11) is 0. The summed E-state index contributed by atoms with van der Waals surface area (Å²) in [6.45, 7) is -0.181. The average molecular weight is 358 g/mol. The van der Waals surface area contributed by atoms with Gasteiger partial charge >= 0.3 is 0 Å². The summed E-state index contributed by atoms with van der Waals surface area (Å²) < 4.78 is 0.655. The van der Waals surface area contributed by atoms with Crippen LogP contribution < -0.4 is 10.6 Å². The van der Waals surface area contributed by atoms with Crippen molar-refractivity contribution in [3.8, 4) is 6.07 Å².